The molecule has 0 saturated heterocycles. The van der Waals surface area contributed by atoms with Crippen LogP contribution in [-0.2, 0) is 17.2 Å². The molecule has 1 unspecified atom stereocenters. The van der Waals surface area contributed by atoms with Gasteiger partial charge in [0.1, 0.15) is 22.7 Å². The predicted octanol–water partition coefficient (Wildman–Crippen LogP) is 3.34. The molecule has 7 nitrogen and oxygen atoms in total. The summed E-state index contributed by atoms with van der Waals surface area (Å²) in [5.41, 5.74) is 4.13. The summed E-state index contributed by atoms with van der Waals surface area (Å²) in [6.07, 6.45) is 10.1. The molecule has 0 aliphatic carbocycles. The molecule has 1 aromatic carbocycles. The molecule has 0 bridgehead atoms. The van der Waals surface area contributed by atoms with Gasteiger partial charge in [0.25, 0.3) is 5.91 Å². The van der Waals surface area contributed by atoms with Gasteiger partial charge in [0.2, 0.25) is 0 Å². The first kappa shape index (κ1) is 25.5. The lowest BCUT2D eigenvalue weighted by atomic mass is 10.0. The van der Waals surface area contributed by atoms with E-state index >= 15 is 0 Å². The topological polar surface area (TPSA) is 103 Å². The number of hydrogen-bond donors (Lipinski definition) is 1. The molecule has 0 fully saturated rings. The third kappa shape index (κ3) is 9.76. The zero-order chi connectivity index (χ0) is 22.6. The molecular formula is C22H31N3O4S. The summed E-state index contributed by atoms with van der Waals surface area (Å²) in [5, 5.41) is 4.07. The Hall–Kier alpha value is -2.58. The Bertz CT molecular complexity index is 926. The van der Waals surface area contributed by atoms with Gasteiger partial charge in [0.15, 0.2) is 12.4 Å². The number of aryl methyl sites for hydroxylation is 2. The van der Waals surface area contributed by atoms with Crippen molar-refractivity contribution >= 4 is 22.2 Å². The first-order valence-corrected chi connectivity index (χ1v) is 11.4. The summed E-state index contributed by atoms with van der Waals surface area (Å²) in [5.74, 6) is 0.282. The number of carbonyl (C=O) groups excluding carboxylic acids is 1. The Labute approximate surface area is 179 Å². The van der Waals surface area contributed by atoms with Crippen LogP contribution in [0.3, 0.4) is 0 Å². The van der Waals surface area contributed by atoms with Crippen LogP contribution in [0, 0.1) is 12.8 Å². The van der Waals surface area contributed by atoms with Crippen LogP contribution in [0.25, 0.3) is 0 Å². The van der Waals surface area contributed by atoms with E-state index in [-0.39, 0.29) is 10.8 Å². The van der Waals surface area contributed by atoms with Crippen molar-refractivity contribution in [3.05, 3.63) is 59.9 Å². The number of nitrogens with one attached hydrogen (secondary N) is 1. The van der Waals surface area contributed by atoms with Crippen LogP contribution in [-0.4, -0.2) is 25.1 Å². The summed E-state index contributed by atoms with van der Waals surface area (Å²) in [6, 6.07) is 9.40. The van der Waals surface area contributed by atoms with Crippen LogP contribution in [0.4, 0.5) is 0 Å². The quantitative estimate of drug-likeness (QED) is 0.298. The molecule has 1 aromatic heterocycles. The minimum atomic E-state index is -4.27. The highest BCUT2D eigenvalue weighted by atomic mass is 32.2. The number of rotatable bonds is 8. The van der Waals surface area contributed by atoms with Crippen molar-refractivity contribution in [3.8, 4) is 0 Å². The van der Waals surface area contributed by atoms with Crippen molar-refractivity contribution in [3.63, 3.8) is 0 Å². The molecule has 8 heteroatoms. The van der Waals surface area contributed by atoms with E-state index in [4.69, 9.17) is 0 Å². The fourth-order valence-electron chi connectivity index (χ4n) is 2.54. The maximum absolute atomic E-state index is 11.8. The van der Waals surface area contributed by atoms with Crippen LogP contribution in [0.5, 0.6) is 0 Å². The number of benzene rings is 1. The third-order valence-corrected chi connectivity index (χ3v) is 5.27. The second-order valence-corrected chi connectivity index (χ2v) is 8.43. The Balaban J connectivity index is 0.000000346. The lowest BCUT2D eigenvalue weighted by Gasteiger charge is -2.07. The number of amides is 1. The summed E-state index contributed by atoms with van der Waals surface area (Å²) >= 11 is 0. The minimum absolute atomic E-state index is 0.169. The maximum Gasteiger partial charge on any atom is 0.277 e. The van der Waals surface area contributed by atoms with E-state index in [9.17, 15) is 17.8 Å². The normalized spacial score (nSPS) is 12.2. The SMILES string of the molecule is CCCCC(/C=N\NC(=O)c1ccc[n+](C)c1)CC.Cc1ccc(S(=O)(=O)[O-])cc1. The van der Waals surface area contributed by atoms with Crippen molar-refractivity contribution in [1.82, 2.24) is 5.43 Å². The Morgan fingerprint density at radius 3 is 2.43 bits per heavy atom. The molecule has 0 aliphatic rings. The monoisotopic (exact) mass is 433 g/mol. The van der Waals surface area contributed by atoms with Crippen LogP contribution in [0.2, 0.25) is 0 Å². The molecule has 30 heavy (non-hydrogen) atoms. The van der Waals surface area contributed by atoms with E-state index in [1.54, 1.807) is 24.4 Å². The summed E-state index contributed by atoms with van der Waals surface area (Å²) in [6.45, 7) is 6.15. The predicted molar refractivity (Wildman–Crippen MR) is 116 cm³/mol. The molecule has 1 atom stereocenters. The van der Waals surface area contributed by atoms with Crippen LogP contribution < -0.4 is 9.99 Å². The molecule has 0 aliphatic heterocycles. The molecule has 1 N–H and O–H groups in total. The lowest BCUT2D eigenvalue weighted by Crippen LogP contribution is -2.29. The maximum atomic E-state index is 11.8. The van der Waals surface area contributed by atoms with Crippen molar-refractivity contribution in [1.29, 1.82) is 0 Å². The highest BCUT2D eigenvalue weighted by Crippen LogP contribution is 2.10. The third-order valence-electron chi connectivity index (χ3n) is 4.42. The molecule has 0 spiro atoms. The van der Waals surface area contributed by atoms with Crippen molar-refractivity contribution in [2.75, 3.05) is 0 Å². The Morgan fingerprint density at radius 2 is 1.90 bits per heavy atom. The number of nitrogens with zero attached hydrogens (tertiary/aromatic N) is 2. The van der Waals surface area contributed by atoms with Crippen molar-refractivity contribution in [2.24, 2.45) is 18.1 Å². The second-order valence-electron chi connectivity index (χ2n) is 7.05. The standard InChI is InChI=1S/C15H23N3O.C7H8O3S/c1-4-6-8-13(5-2)11-16-17-15(19)14-9-7-10-18(3)12-14;1-6-2-4-7(5-3-6)11(8,9)10/h7,9-13H,4-6,8H2,1-3H3;2-5H,1H3,(H,8,9,10)/b16-11-;. The van der Waals surface area contributed by atoms with E-state index < -0.39 is 10.1 Å². The van der Waals surface area contributed by atoms with E-state index in [1.807, 2.05) is 37.0 Å². The number of pyridine rings is 1. The van der Waals surface area contributed by atoms with Crippen LogP contribution >= 0.6 is 0 Å². The summed E-state index contributed by atoms with van der Waals surface area (Å²) in [7, 11) is -2.38. The largest absolute Gasteiger partial charge is 0.744 e. The molecule has 164 valence electrons. The van der Waals surface area contributed by atoms with Gasteiger partial charge < -0.3 is 4.55 Å². The van der Waals surface area contributed by atoms with Gasteiger partial charge in [-0.3, -0.25) is 4.79 Å². The highest BCUT2D eigenvalue weighted by Gasteiger charge is 2.08. The van der Waals surface area contributed by atoms with Gasteiger partial charge in [-0.1, -0.05) is 44.4 Å². The molecular weight excluding hydrogens is 402 g/mol. The fourth-order valence-corrected chi connectivity index (χ4v) is 3.01. The number of hydrogen-bond acceptors (Lipinski definition) is 5. The molecule has 2 rings (SSSR count). The average molecular weight is 434 g/mol. The number of aromatic nitrogens is 1. The van der Waals surface area contributed by atoms with Gasteiger partial charge >= 0.3 is 0 Å². The molecule has 0 saturated carbocycles. The second kappa shape index (κ2) is 12.9. The zero-order valence-electron chi connectivity index (χ0n) is 18.0. The molecule has 2 aromatic rings. The molecule has 1 heterocycles. The van der Waals surface area contributed by atoms with Gasteiger partial charge in [0.05, 0.1) is 4.90 Å². The van der Waals surface area contributed by atoms with Crippen molar-refractivity contribution < 1.29 is 22.3 Å². The van der Waals surface area contributed by atoms with E-state index in [1.165, 1.54) is 25.0 Å². The van der Waals surface area contributed by atoms with E-state index in [2.05, 4.69) is 24.4 Å². The first-order chi connectivity index (χ1) is 14.2. The average Bonchev–Trinajstić information content (AvgIpc) is 2.70. The minimum Gasteiger partial charge on any atom is -0.744 e. The Morgan fingerprint density at radius 1 is 1.23 bits per heavy atom. The highest BCUT2D eigenvalue weighted by molar-refractivity contribution is 7.85. The van der Waals surface area contributed by atoms with E-state index in [0.717, 1.165) is 18.4 Å². The van der Waals surface area contributed by atoms with Gasteiger partial charge in [-0.05, 0) is 43.9 Å². The van der Waals surface area contributed by atoms with Gasteiger partial charge in [-0.2, -0.15) is 5.10 Å². The molecule has 0 radical (unpaired) electrons. The zero-order valence-corrected chi connectivity index (χ0v) is 18.9. The van der Waals surface area contributed by atoms with E-state index in [0.29, 0.717) is 11.5 Å². The number of carbonyl (C=O) groups is 1. The fraction of sp³-hybridized carbons (Fsp3) is 0.409. The first-order valence-electron chi connectivity index (χ1n) is 9.98. The van der Waals surface area contributed by atoms with Crippen LogP contribution in [0.1, 0.15) is 55.5 Å². The molecule has 1 amide bonds. The van der Waals surface area contributed by atoms with Crippen LogP contribution in [0.15, 0.2) is 58.8 Å². The van der Waals surface area contributed by atoms with Gasteiger partial charge in [-0.25, -0.2) is 18.4 Å². The van der Waals surface area contributed by atoms with Crippen molar-refractivity contribution in [2.45, 2.75) is 51.3 Å². The smallest absolute Gasteiger partial charge is 0.277 e. The van der Waals surface area contributed by atoms with Gasteiger partial charge in [0, 0.05) is 12.3 Å². The Kier molecular flexibility index (Phi) is 10.9. The summed E-state index contributed by atoms with van der Waals surface area (Å²) < 4.78 is 33.0. The number of unbranched alkanes of at least 4 members (excludes halogenated alkanes) is 1. The van der Waals surface area contributed by atoms with Gasteiger partial charge in [-0.15, -0.1) is 0 Å². The number of hydrazone groups is 1. The lowest BCUT2D eigenvalue weighted by molar-refractivity contribution is -0.671. The summed E-state index contributed by atoms with van der Waals surface area (Å²) in [4.78, 5) is 11.7.